The van der Waals surface area contributed by atoms with Crippen LogP contribution in [0.3, 0.4) is 0 Å². The highest BCUT2D eigenvalue weighted by Gasteiger charge is 2.13. The molecule has 0 aliphatic carbocycles. The zero-order chi connectivity index (χ0) is 10.8. The summed E-state index contributed by atoms with van der Waals surface area (Å²) in [6.45, 7) is 0. The van der Waals surface area contributed by atoms with Gasteiger partial charge in [-0.2, -0.15) is 5.10 Å². The van der Waals surface area contributed by atoms with Crippen molar-refractivity contribution < 1.29 is 9.50 Å². The van der Waals surface area contributed by atoms with Crippen molar-refractivity contribution in [2.45, 2.75) is 6.10 Å². The van der Waals surface area contributed by atoms with Gasteiger partial charge in [-0.1, -0.05) is 12.1 Å². The van der Waals surface area contributed by atoms with Crippen molar-refractivity contribution in [2.75, 3.05) is 0 Å². The first kappa shape index (κ1) is 9.86. The first-order valence-electron chi connectivity index (χ1n) is 4.60. The Balaban J connectivity index is 2.32. The molecule has 15 heavy (non-hydrogen) atoms. The van der Waals surface area contributed by atoms with Gasteiger partial charge in [0.2, 0.25) is 0 Å². The molecule has 2 aromatic rings. The Morgan fingerprint density at radius 3 is 2.47 bits per heavy atom. The number of aryl methyl sites for hydroxylation is 1. The molecule has 0 spiro atoms. The van der Waals surface area contributed by atoms with Crippen LogP contribution < -0.4 is 0 Å². The summed E-state index contributed by atoms with van der Waals surface area (Å²) in [6, 6.07) is 7.51. The first-order valence-corrected chi connectivity index (χ1v) is 4.60. The second-order valence-corrected chi connectivity index (χ2v) is 3.33. The standard InChI is InChI=1S/C11H11FN2O/c1-14-10(6-7-13-14)11(15)8-2-4-9(12)5-3-8/h2-7,11,15H,1H3. The molecule has 78 valence electrons. The third-order valence-corrected chi connectivity index (χ3v) is 2.32. The lowest BCUT2D eigenvalue weighted by atomic mass is 10.1. The molecule has 2 rings (SSSR count). The maximum Gasteiger partial charge on any atom is 0.123 e. The predicted octanol–water partition coefficient (Wildman–Crippen LogP) is 1.64. The van der Waals surface area contributed by atoms with Gasteiger partial charge in [0, 0.05) is 13.2 Å². The van der Waals surface area contributed by atoms with Crippen LogP contribution in [0, 0.1) is 5.82 Å². The van der Waals surface area contributed by atoms with E-state index >= 15 is 0 Å². The Morgan fingerprint density at radius 2 is 1.93 bits per heavy atom. The van der Waals surface area contributed by atoms with Crippen molar-refractivity contribution in [1.82, 2.24) is 9.78 Å². The van der Waals surface area contributed by atoms with Crippen molar-refractivity contribution in [2.24, 2.45) is 7.05 Å². The summed E-state index contributed by atoms with van der Waals surface area (Å²) in [7, 11) is 1.75. The third-order valence-electron chi connectivity index (χ3n) is 2.32. The molecule has 1 aromatic carbocycles. The summed E-state index contributed by atoms with van der Waals surface area (Å²) in [5.41, 5.74) is 1.33. The van der Waals surface area contributed by atoms with Crippen LogP contribution in [0.25, 0.3) is 0 Å². The molecule has 0 bridgehead atoms. The van der Waals surface area contributed by atoms with Crippen LogP contribution in [0.2, 0.25) is 0 Å². The van der Waals surface area contributed by atoms with Crippen LogP contribution in [0.15, 0.2) is 36.5 Å². The molecule has 1 atom stereocenters. The maximum absolute atomic E-state index is 12.7. The molecule has 4 heteroatoms. The van der Waals surface area contributed by atoms with Gasteiger partial charge in [0.15, 0.2) is 0 Å². The number of aliphatic hydroxyl groups excluding tert-OH is 1. The van der Waals surface area contributed by atoms with Crippen molar-refractivity contribution in [3.63, 3.8) is 0 Å². The van der Waals surface area contributed by atoms with E-state index < -0.39 is 6.10 Å². The van der Waals surface area contributed by atoms with Gasteiger partial charge in [-0.25, -0.2) is 4.39 Å². The van der Waals surface area contributed by atoms with Gasteiger partial charge in [0.05, 0.1) is 5.69 Å². The zero-order valence-corrected chi connectivity index (χ0v) is 8.26. The zero-order valence-electron chi connectivity index (χ0n) is 8.26. The van der Waals surface area contributed by atoms with Crippen molar-refractivity contribution in [3.8, 4) is 0 Å². The van der Waals surface area contributed by atoms with Gasteiger partial charge in [0.25, 0.3) is 0 Å². The molecule has 0 aliphatic heterocycles. The lowest BCUT2D eigenvalue weighted by Gasteiger charge is -2.10. The van der Waals surface area contributed by atoms with Crippen LogP contribution in [0.5, 0.6) is 0 Å². The average Bonchev–Trinajstić information content (AvgIpc) is 2.65. The largest absolute Gasteiger partial charge is 0.382 e. The lowest BCUT2D eigenvalue weighted by Crippen LogP contribution is -2.06. The fourth-order valence-electron chi connectivity index (χ4n) is 1.47. The van der Waals surface area contributed by atoms with Gasteiger partial charge in [0.1, 0.15) is 11.9 Å². The van der Waals surface area contributed by atoms with Crippen LogP contribution in [-0.2, 0) is 7.05 Å². The molecule has 0 fully saturated rings. The van der Waals surface area contributed by atoms with E-state index in [4.69, 9.17) is 0 Å². The van der Waals surface area contributed by atoms with Crippen molar-refractivity contribution in [1.29, 1.82) is 0 Å². The van der Waals surface area contributed by atoms with Crippen LogP contribution in [-0.4, -0.2) is 14.9 Å². The molecule has 1 N–H and O–H groups in total. The monoisotopic (exact) mass is 206 g/mol. The minimum absolute atomic E-state index is 0.309. The number of nitrogens with zero attached hydrogens (tertiary/aromatic N) is 2. The summed E-state index contributed by atoms with van der Waals surface area (Å²) in [5.74, 6) is -0.309. The Morgan fingerprint density at radius 1 is 1.27 bits per heavy atom. The Hall–Kier alpha value is -1.68. The van der Waals surface area contributed by atoms with E-state index in [0.717, 1.165) is 0 Å². The van der Waals surface area contributed by atoms with Crippen molar-refractivity contribution in [3.05, 3.63) is 53.6 Å². The highest BCUT2D eigenvalue weighted by atomic mass is 19.1. The van der Waals surface area contributed by atoms with E-state index in [1.165, 1.54) is 12.1 Å². The second-order valence-electron chi connectivity index (χ2n) is 3.33. The number of benzene rings is 1. The van der Waals surface area contributed by atoms with Gasteiger partial charge in [-0.3, -0.25) is 4.68 Å². The number of hydrogen-bond donors (Lipinski definition) is 1. The normalized spacial score (nSPS) is 12.7. The van der Waals surface area contributed by atoms with Crippen LogP contribution in [0.1, 0.15) is 17.4 Å². The Labute approximate surface area is 86.8 Å². The third kappa shape index (κ3) is 1.89. The summed E-state index contributed by atoms with van der Waals surface area (Å²) < 4.78 is 14.3. The number of rotatable bonds is 2. The number of hydrogen-bond acceptors (Lipinski definition) is 2. The maximum atomic E-state index is 12.7. The molecular weight excluding hydrogens is 195 g/mol. The molecule has 1 unspecified atom stereocenters. The highest BCUT2D eigenvalue weighted by Crippen LogP contribution is 2.20. The highest BCUT2D eigenvalue weighted by molar-refractivity contribution is 5.25. The van der Waals surface area contributed by atoms with E-state index in [1.54, 1.807) is 36.1 Å². The molecule has 1 aromatic heterocycles. The summed E-state index contributed by atoms with van der Waals surface area (Å²) >= 11 is 0. The van der Waals surface area contributed by atoms with Crippen molar-refractivity contribution >= 4 is 0 Å². The van der Waals surface area contributed by atoms with Gasteiger partial charge in [-0.15, -0.1) is 0 Å². The van der Waals surface area contributed by atoms with E-state index in [-0.39, 0.29) is 5.82 Å². The SMILES string of the molecule is Cn1nccc1C(O)c1ccc(F)cc1. The van der Waals surface area contributed by atoms with Gasteiger partial charge in [-0.05, 0) is 23.8 Å². The van der Waals surface area contributed by atoms with E-state index in [9.17, 15) is 9.50 Å². The minimum Gasteiger partial charge on any atom is -0.382 e. The molecular formula is C11H11FN2O. The van der Waals surface area contributed by atoms with Crippen LogP contribution in [0.4, 0.5) is 4.39 Å². The first-order chi connectivity index (χ1) is 7.18. The Bertz CT molecular complexity index is 450. The van der Waals surface area contributed by atoms with E-state index in [2.05, 4.69) is 5.10 Å². The predicted molar refractivity (Wildman–Crippen MR) is 53.7 cm³/mol. The molecule has 0 saturated carbocycles. The van der Waals surface area contributed by atoms with Gasteiger partial charge < -0.3 is 5.11 Å². The average molecular weight is 206 g/mol. The molecule has 0 aliphatic rings. The number of aromatic nitrogens is 2. The smallest absolute Gasteiger partial charge is 0.123 e. The summed E-state index contributed by atoms with van der Waals surface area (Å²) in [5, 5.41) is 13.9. The fraction of sp³-hybridized carbons (Fsp3) is 0.182. The summed E-state index contributed by atoms with van der Waals surface area (Å²) in [6.07, 6.45) is 0.848. The molecule has 0 saturated heterocycles. The molecule has 1 heterocycles. The number of aliphatic hydroxyl groups is 1. The number of halogens is 1. The fourth-order valence-corrected chi connectivity index (χ4v) is 1.47. The van der Waals surface area contributed by atoms with E-state index in [1.807, 2.05) is 0 Å². The van der Waals surface area contributed by atoms with Crippen LogP contribution >= 0.6 is 0 Å². The quantitative estimate of drug-likeness (QED) is 0.811. The second kappa shape index (κ2) is 3.82. The molecule has 0 radical (unpaired) electrons. The lowest BCUT2D eigenvalue weighted by molar-refractivity contribution is 0.209. The molecule has 0 amide bonds. The minimum atomic E-state index is -0.766. The summed E-state index contributed by atoms with van der Waals surface area (Å²) in [4.78, 5) is 0. The molecule has 3 nitrogen and oxygen atoms in total. The van der Waals surface area contributed by atoms with E-state index in [0.29, 0.717) is 11.3 Å². The van der Waals surface area contributed by atoms with Gasteiger partial charge >= 0.3 is 0 Å². The Kier molecular flexibility index (Phi) is 2.51. The topological polar surface area (TPSA) is 38.0 Å².